The zero-order chi connectivity index (χ0) is 15.7. The second kappa shape index (κ2) is 5.73. The maximum absolute atomic E-state index is 6.54. The third kappa shape index (κ3) is 2.42. The molecule has 0 aromatic heterocycles. The molecule has 0 atom stereocenters. The van der Waals surface area contributed by atoms with Gasteiger partial charge in [-0.3, -0.25) is 0 Å². The van der Waals surface area contributed by atoms with E-state index in [1.807, 2.05) is 24.3 Å². The van der Waals surface area contributed by atoms with Crippen LogP contribution in [0.15, 0.2) is 48.5 Å². The highest BCUT2D eigenvalue weighted by atomic mass is 15.4. The molecular weight excluding hydrogens is 272 g/mol. The van der Waals surface area contributed by atoms with Gasteiger partial charge >= 0.3 is 0 Å². The highest BCUT2D eigenvalue weighted by Crippen LogP contribution is 2.34. The minimum atomic E-state index is 0.146. The zero-order valence-corrected chi connectivity index (χ0v) is 13.0. The fourth-order valence-corrected chi connectivity index (χ4v) is 2.78. The number of rotatable bonds is 2. The normalized spacial score (nSPS) is 17.1. The topological polar surface area (TPSA) is 67.3 Å². The molecule has 0 amide bonds. The van der Waals surface area contributed by atoms with Gasteiger partial charge in [-0.15, -0.1) is 0 Å². The van der Waals surface area contributed by atoms with Gasteiger partial charge in [0.25, 0.3) is 0 Å². The van der Waals surface area contributed by atoms with Crippen LogP contribution in [0.25, 0.3) is 11.4 Å². The molecule has 0 spiro atoms. The molecule has 4 nitrogen and oxygen atoms in total. The van der Waals surface area contributed by atoms with Crippen LogP contribution >= 0.6 is 0 Å². The minimum absolute atomic E-state index is 0.146. The third-order valence-electron chi connectivity index (χ3n) is 4.03. The van der Waals surface area contributed by atoms with Crippen LogP contribution in [-0.4, -0.2) is 11.1 Å². The molecule has 1 heterocycles. The van der Waals surface area contributed by atoms with Crippen molar-refractivity contribution in [1.29, 1.82) is 0 Å². The number of hydrogen-bond donors (Lipinski definition) is 3. The van der Waals surface area contributed by atoms with Gasteiger partial charge in [-0.1, -0.05) is 42.5 Å². The van der Waals surface area contributed by atoms with E-state index in [-0.39, 0.29) is 6.04 Å². The molecule has 0 fully saturated rings. The Kier molecular flexibility index (Phi) is 3.77. The summed E-state index contributed by atoms with van der Waals surface area (Å²) in [5, 5.41) is 5.24. The van der Waals surface area contributed by atoms with Crippen molar-refractivity contribution in [3.8, 4) is 0 Å². The van der Waals surface area contributed by atoms with Crippen LogP contribution in [0.2, 0.25) is 0 Å². The average Bonchev–Trinajstić information content (AvgIpc) is 2.52. The highest BCUT2D eigenvalue weighted by molar-refractivity contribution is 5.93. The summed E-state index contributed by atoms with van der Waals surface area (Å²) < 4.78 is 0. The quantitative estimate of drug-likeness (QED) is 0.588. The summed E-state index contributed by atoms with van der Waals surface area (Å²) in [7, 11) is 0. The van der Waals surface area contributed by atoms with Gasteiger partial charge in [0.2, 0.25) is 0 Å². The largest absolute Gasteiger partial charge is 0.396 e. The van der Waals surface area contributed by atoms with Crippen molar-refractivity contribution >= 4 is 17.1 Å². The summed E-state index contributed by atoms with van der Waals surface area (Å²) in [6.07, 6.45) is 0. The fourth-order valence-electron chi connectivity index (χ4n) is 2.78. The van der Waals surface area contributed by atoms with Gasteiger partial charge in [-0.05, 0) is 25.5 Å². The minimum Gasteiger partial charge on any atom is -0.396 e. The van der Waals surface area contributed by atoms with E-state index in [0.717, 1.165) is 34.8 Å². The predicted octanol–water partition coefficient (Wildman–Crippen LogP) is 2.98. The number of anilines is 1. The van der Waals surface area contributed by atoms with Crippen LogP contribution in [0.4, 0.5) is 5.69 Å². The maximum atomic E-state index is 6.54. The average molecular weight is 294 g/mol. The van der Waals surface area contributed by atoms with Crippen molar-refractivity contribution in [3.05, 3.63) is 65.2 Å². The third-order valence-corrected chi connectivity index (χ3v) is 4.03. The standard InChI is InChI=1S/C18H22N4/c1-12(2)22(20)18-15-9-5-6-10-16(15)21-11-13-7-3-4-8-14(13)17(18)19/h3-10,12,21H,11,19-20H2,1-2H3/b18-17-. The van der Waals surface area contributed by atoms with E-state index >= 15 is 0 Å². The first-order chi connectivity index (χ1) is 10.6. The van der Waals surface area contributed by atoms with Gasteiger partial charge in [0.1, 0.15) is 0 Å². The first kappa shape index (κ1) is 14.5. The molecule has 114 valence electrons. The Bertz CT molecular complexity index is 719. The summed E-state index contributed by atoms with van der Waals surface area (Å²) in [6.45, 7) is 4.86. The Balaban J connectivity index is 2.30. The fraction of sp³-hybridized carbons (Fsp3) is 0.222. The molecule has 0 saturated heterocycles. The van der Waals surface area contributed by atoms with Gasteiger partial charge in [-0.25, -0.2) is 5.84 Å². The number of para-hydroxylation sites is 1. The molecule has 0 radical (unpaired) electrons. The van der Waals surface area contributed by atoms with E-state index in [4.69, 9.17) is 11.6 Å². The van der Waals surface area contributed by atoms with E-state index in [1.165, 1.54) is 5.56 Å². The second-order valence-electron chi connectivity index (χ2n) is 5.82. The molecular formula is C18H22N4. The molecule has 3 rings (SSSR count). The Morgan fingerprint density at radius 3 is 2.36 bits per heavy atom. The highest BCUT2D eigenvalue weighted by Gasteiger charge is 2.22. The zero-order valence-electron chi connectivity index (χ0n) is 13.0. The molecule has 22 heavy (non-hydrogen) atoms. The van der Waals surface area contributed by atoms with E-state index in [9.17, 15) is 0 Å². The Labute approximate surface area is 131 Å². The molecule has 5 N–H and O–H groups in total. The molecule has 0 saturated carbocycles. The van der Waals surface area contributed by atoms with Crippen LogP contribution in [0, 0.1) is 0 Å². The van der Waals surface area contributed by atoms with Crippen LogP contribution < -0.4 is 16.9 Å². The summed E-state index contributed by atoms with van der Waals surface area (Å²) in [6, 6.07) is 16.5. The number of nitrogens with two attached hydrogens (primary N) is 2. The molecule has 1 aliphatic heterocycles. The maximum Gasteiger partial charge on any atom is 0.0849 e. The SMILES string of the molecule is CC(C)N(N)/C1=C(\N)c2ccccc2CNc2ccccc21. The van der Waals surface area contributed by atoms with E-state index in [2.05, 4.69) is 43.4 Å². The van der Waals surface area contributed by atoms with Crippen molar-refractivity contribution in [2.75, 3.05) is 5.32 Å². The second-order valence-corrected chi connectivity index (χ2v) is 5.82. The van der Waals surface area contributed by atoms with Crippen LogP contribution in [0.5, 0.6) is 0 Å². The smallest absolute Gasteiger partial charge is 0.0849 e. The number of benzene rings is 2. The van der Waals surface area contributed by atoms with Crippen molar-refractivity contribution in [3.63, 3.8) is 0 Å². The van der Waals surface area contributed by atoms with Crippen molar-refractivity contribution in [1.82, 2.24) is 5.01 Å². The molecule has 4 heteroatoms. The van der Waals surface area contributed by atoms with Crippen LogP contribution in [0.1, 0.15) is 30.5 Å². The molecule has 0 bridgehead atoms. The first-order valence-corrected chi connectivity index (χ1v) is 7.55. The lowest BCUT2D eigenvalue weighted by Crippen LogP contribution is -2.37. The van der Waals surface area contributed by atoms with Crippen molar-refractivity contribution in [2.45, 2.75) is 26.4 Å². The van der Waals surface area contributed by atoms with Gasteiger partial charge in [0, 0.05) is 29.4 Å². The van der Waals surface area contributed by atoms with Gasteiger partial charge in [0.05, 0.1) is 11.4 Å². The number of hydrogen-bond acceptors (Lipinski definition) is 4. The van der Waals surface area contributed by atoms with Gasteiger partial charge < -0.3 is 16.1 Å². The molecule has 2 aromatic rings. The monoisotopic (exact) mass is 294 g/mol. The summed E-state index contributed by atoms with van der Waals surface area (Å²) in [5.41, 5.74) is 12.4. The lowest BCUT2D eigenvalue weighted by Gasteiger charge is -2.31. The lowest BCUT2D eigenvalue weighted by molar-refractivity contribution is 0.344. The van der Waals surface area contributed by atoms with Gasteiger partial charge in [-0.2, -0.15) is 0 Å². The van der Waals surface area contributed by atoms with Crippen molar-refractivity contribution < 1.29 is 0 Å². The first-order valence-electron chi connectivity index (χ1n) is 7.55. The summed E-state index contributed by atoms with van der Waals surface area (Å²) >= 11 is 0. The summed E-state index contributed by atoms with van der Waals surface area (Å²) in [5.74, 6) is 6.34. The van der Waals surface area contributed by atoms with Gasteiger partial charge in [0.15, 0.2) is 0 Å². The Morgan fingerprint density at radius 1 is 1.00 bits per heavy atom. The molecule has 1 aliphatic rings. The van der Waals surface area contributed by atoms with E-state index < -0.39 is 0 Å². The molecule has 2 aromatic carbocycles. The molecule has 0 aliphatic carbocycles. The summed E-state index contributed by atoms with van der Waals surface area (Å²) in [4.78, 5) is 0. The Morgan fingerprint density at radius 2 is 1.64 bits per heavy atom. The van der Waals surface area contributed by atoms with Crippen LogP contribution in [0.3, 0.4) is 0 Å². The van der Waals surface area contributed by atoms with Crippen molar-refractivity contribution in [2.24, 2.45) is 11.6 Å². The number of nitrogens with one attached hydrogen (secondary N) is 1. The van der Waals surface area contributed by atoms with E-state index in [1.54, 1.807) is 5.01 Å². The number of fused-ring (bicyclic) bond motifs is 2. The predicted molar refractivity (Wildman–Crippen MR) is 92.4 cm³/mol. The number of hydrazine groups is 1. The number of nitrogens with zero attached hydrogens (tertiary/aromatic N) is 1. The molecule has 0 unspecified atom stereocenters. The Hall–Kier alpha value is -2.46. The van der Waals surface area contributed by atoms with Crippen LogP contribution in [-0.2, 0) is 6.54 Å². The van der Waals surface area contributed by atoms with E-state index in [0.29, 0.717) is 0 Å². The lowest BCUT2D eigenvalue weighted by atomic mass is 9.96.